The smallest absolute Gasteiger partial charge is 0.321 e. The van der Waals surface area contributed by atoms with E-state index in [2.05, 4.69) is 10.4 Å². The van der Waals surface area contributed by atoms with E-state index in [1.807, 2.05) is 12.3 Å². The highest BCUT2D eigenvalue weighted by molar-refractivity contribution is 8.00. The summed E-state index contributed by atoms with van der Waals surface area (Å²) in [6, 6.07) is 1.44. The number of hydrogen-bond donors (Lipinski definition) is 2. The zero-order valence-corrected chi connectivity index (χ0v) is 8.28. The van der Waals surface area contributed by atoms with Gasteiger partial charge in [0.15, 0.2) is 0 Å². The predicted molar refractivity (Wildman–Crippen MR) is 53.0 cm³/mol. The van der Waals surface area contributed by atoms with E-state index in [1.54, 1.807) is 22.6 Å². The first kappa shape index (κ1) is 9.54. The van der Waals surface area contributed by atoms with E-state index in [0.717, 1.165) is 0 Å². The van der Waals surface area contributed by atoms with Crippen LogP contribution in [0.1, 0.15) is 0 Å². The zero-order valence-electron chi connectivity index (χ0n) is 7.46. The van der Waals surface area contributed by atoms with Gasteiger partial charge in [0.1, 0.15) is 6.04 Å². The lowest BCUT2D eigenvalue weighted by molar-refractivity contribution is -0.138. The lowest BCUT2D eigenvalue weighted by Gasteiger charge is -2.10. The van der Waals surface area contributed by atoms with Gasteiger partial charge >= 0.3 is 5.97 Å². The summed E-state index contributed by atoms with van der Waals surface area (Å²) < 4.78 is 1.80. The molecule has 2 N–H and O–H groups in total. The lowest BCUT2D eigenvalue weighted by Crippen LogP contribution is -2.38. The van der Waals surface area contributed by atoms with Gasteiger partial charge in [-0.1, -0.05) is 0 Å². The average Bonchev–Trinajstić information content (AvgIpc) is 2.75. The van der Waals surface area contributed by atoms with E-state index in [9.17, 15) is 4.79 Å². The van der Waals surface area contributed by atoms with Gasteiger partial charge in [-0.2, -0.15) is 5.10 Å². The van der Waals surface area contributed by atoms with E-state index >= 15 is 0 Å². The number of carbonyl (C=O) groups is 1. The van der Waals surface area contributed by atoms with Crippen molar-refractivity contribution in [1.82, 2.24) is 15.1 Å². The van der Waals surface area contributed by atoms with Crippen molar-refractivity contribution in [1.29, 1.82) is 0 Å². The number of carboxylic acid groups (broad SMARTS) is 1. The fraction of sp³-hybridized carbons (Fsp3) is 0.500. The normalized spacial score (nSPS) is 26.6. The van der Waals surface area contributed by atoms with Gasteiger partial charge in [0, 0.05) is 18.1 Å². The molecule has 76 valence electrons. The van der Waals surface area contributed by atoms with Crippen molar-refractivity contribution in [2.45, 2.75) is 18.0 Å². The first-order valence-corrected chi connectivity index (χ1v) is 5.38. The molecule has 6 heteroatoms. The maximum atomic E-state index is 10.7. The Kier molecular flexibility index (Phi) is 2.74. The topological polar surface area (TPSA) is 67.1 Å². The molecule has 1 fully saturated rings. The summed E-state index contributed by atoms with van der Waals surface area (Å²) in [6.45, 7) is 0.710. The molecule has 0 saturated carbocycles. The van der Waals surface area contributed by atoms with Crippen LogP contribution in [-0.4, -0.2) is 38.0 Å². The van der Waals surface area contributed by atoms with Gasteiger partial charge in [0.25, 0.3) is 0 Å². The third-order valence-corrected chi connectivity index (χ3v) is 3.27. The number of aromatic nitrogens is 2. The number of thioether (sulfide) groups is 1. The summed E-state index contributed by atoms with van der Waals surface area (Å²) in [4.78, 5) is 10.7. The first-order valence-electron chi connectivity index (χ1n) is 4.33. The highest BCUT2D eigenvalue weighted by atomic mass is 32.2. The number of aliphatic carboxylic acids is 1. The van der Waals surface area contributed by atoms with Crippen LogP contribution in [0.3, 0.4) is 0 Å². The molecule has 1 aliphatic rings. The van der Waals surface area contributed by atoms with Crippen LogP contribution in [-0.2, 0) is 11.3 Å². The minimum Gasteiger partial charge on any atom is -0.480 e. The molecule has 0 radical (unpaired) electrons. The van der Waals surface area contributed by atoms with Gasteiger partial charge in [-0.25, -0.2) is 0 Å². The fourth-order valence-corrected chi connectivity index (χ4v) is 2.54. The molecule has 1 saturated heterocycles. The molecule has 0 amide bonds. The summed E-state index contributed by atoms with van der Waals surface area (Å²) in [5.74, 6) is -0.151. The number of carboxylic acids is 1. The van der Waals surface area contributed by atoms with Gasteiger partial charge in [-0.3, -0.25) is 14.8 Å². The summed E-state index contributed by atoms with van der Waals surface area (Å²) in [7, 11) is 0. The maximum absolute atomic E-state index is 10.7. The first-order chi connectivity index (χ1) is 6.75. The highest BCUT2D eigenvalue weighted by Crippen LogP contribution is 2.19. The van der Waals surface area contributed by atoms with Crippen LogP contribution in [0.5, 0.6) is 0 Å². The van der Waals surface area contributed by atoms with Crippen LogP contribution >= 0.6 is 11.8 Å². The Morgan fingerprint density at radius 1 is 1.79 bits per heavy atom. The van der Waals surface area contributed by atoms with Crippen molar-refractivity contribution < 1.29 is 9.90 Å². The maximum Gasteiger partial charge on any atom is 0.321 e. The quantitative estimate of drug-likeness (QED) is 0.739. The van der Waals surface area contributed by atoms with Crippen molar-refractivity contribution in [3.63, 3.8) is 0 Å². The summed E-state index contributed by atoms with van der Waals surface area (Å²) >= 11 is 1.62. The van der Waals surface area contributed by atoms with E-state index in [4.69, 9.17) is 5.11 Å². The molecular formula is C8H11N3O2S. The monoisotopic (exact) mass is 213 g/mol. The van der Waals surface area contributed by atoms with Crippen molar-refractivity contribution in [2.24, 2.45) is 0 Å². The van der Waals surface area contributed by atoms with Gasteiger partial charge in [-0.05, 0) is 6.07 Å². The highest BCUT2D eigenvalue weighted by Gasteiger charge is 2.29. The molecule has 1 aromatic rings. The Balaban J connectivity index is 1.87. The Labute approximate surface area is 85.5 Å². The van der Waals surface area contributed by atoms with Gasteiger partial charge < -0.3 is 5.11 Å². The van der Waals surface area contributed by atoms with E-state index < -0.39 is 12.0 Å². The van der Waals surface area contributed by atoms with Crippen molar-refractivity contribution in [3.05, 3.63) is 18.5 Å². The number of nitrogens with zero attached hydrogens (tertiary/aromatic N) is 2. The van der Waals surface area contributed by atoms with Crippen LogP contribution in [0.25, 0.3) is 0 Å². The summed E-state index contributed by atoms with van der Waals surface area (Å²) in [6.07, 6.45) is 3.59. The third kappa shape index (κ3) is 2.08. The number of hydrogen-bond acceptors (Lipinski definition) is 4. The molecule has 1 aliphatic heterocycles. The molecular weight excluding hydrogens is 202 g/mol. The Morgan fingerprint density at radius 3 is 3.21 bits per heavy atom. The minimum atomic E-state index is -0.777. The molecule has 2 atom stereocenters. The molecule has 0 aliphatic carbocycles. The summed E-state index contributed by atoms with van der Waals surface area (Å²) in [5.41, 5.74) is 0. The fourth-order valence-electron chi connectivity index (χ4n) is 1.36. The van der Waals surface area contributed by atoms with Crippen molar-refractivity contribution >= 4 is 17.7 Å². The zero-order chi connectivity index (χ0) is 9.97. The second-order valence-electron chi connectivity index (χ2n) is 3.11. The van der Waals surface area contributed by atoms with Crippen LogP contribution in [0.15, 0.2) is 18.5 Å². The Hall–Kier alpha value is -1.01. The molecule has 0 spiro atoms. The van der Waals surface area contributed by atoms with E-state index in [1.165, 1.54) is 0 Å². The van der Waals surface area contributed by atoms with Gasteiger partial charge in [0.05, 0.1) is 11.9 Å². The van der Waals surface area contributed by atoms with Gasteiger partial charge in [0.2, 0.25) is 0 Å². The molecule has 2 rings (SSSR count). The third-order valence-electron chi connectivity index (χ3n) is 2.06. The van der Waals surface area contributed by atoms with Crippen LogP contribution in [0.2, 0.25) is 0 Å². The largest absolute Gasteiger partial charge is 0.480 e. The van der Waals surface area contributed by atoms with Crippen LogP contribution < -0.4 is 5.32 Å². The molecule has 0 aromatic carbocycles. The standard InChI is InChI=1S/C8H11N3O2S/c12-8(13)6-5-14-7(10-6)4-11-3-1-2-9-11/h1-3,6-7,10H,4-5H2,(H,12,13)/t6-,7+/m1/s1. The SMILES string of the molecule is O=C(O)[C@H]1CS[C@@H](Cn2cccn2)N1. The van der Waals surface area contributed by atoms with Crippen molar-refractivity contribution in [2.75, 3.05) is 5.75 Å². The second-order valence-corrected chi connectivity index (χ2v) is 4.34. The molecule has 5 nitrogen and oxygen atoms in total. The minimum absolute atomic E-state index is 0.149. The average molecular weight is 213 g/mol. The lowest BCUT2D eigenvalue weighted by atomic mass is 10.3. The molecule has 0 bridgehead atoms. The van der Waals surface area contributed by atoms with Gasteiger partial charge in [-0.15, -0.1) is 11.8 Å². The van der Waals surface area contributed by atoms with Crippen LogP contribution in [0.4, 0.5) is 0 Å². The number of nitrogens with one attached hydrogen (secondary N) is 1. The van der Waals surface area contributed by atoms with Crippen molar-refractivity contribution in [3.8, 4) is 0 Å². The molecule has 1 aromatic heterocycles. The molecule has 14 heavy (non-hydrogen) atoms. The molecule has 2 heterocycles. The predicted octanol–water partition coefficient (Wildman–Crippen LogP) is -0.00120. The van der Waals surface area contributed by atoms with Crippen LogP contribution in [0, 0.1) is 0 Å². The number of rotatable bonds is 3. The molecule has 0 unspecified atom stereocenters. The Morgan fingerprint density at radius 2 is 2.64 bits per heavy atom. The van der Waals surface area contributed by atoms with E-state index in [-0.39, 0.29) is 5.37 Å². The second kappa shape index (κ2) is 4.02. The Bertz CT molecular complexity index is 314. The van der Waals surface area contributed by atoms with E-state index in [0.29, 0.717) is 12.3 Å². The summed E-state index contributed by atoms with van der Waals surface area (Å²) in [5, 5.41) is 16.0.